The maximum atomic E-state index is 12.9. The molecule has 0 atom stereocenters. The van der Waals surface area contributed by atoms with E-state index in [-0.39, 0.29) is 23.3 Å². The second-order valence-corrected chi connectivity index (χ2v) is 10.9. The zero-order valence-electron chi connectivity index (χ0n) is 19.9. The summed E-state index contributed by atoms with van der Waals surface area (Å²) in [5.74, 6) is 0.831. The standard InChI is InChI=1S/C25H31N5O2S/c1-15-16(2)33-24-20(15)21(26-14-27-24)30-12-10-18(11-13-30)22(31)28-19-8-6-17(7-9-19)23(32)29-25(3,4)5/h6-9,14,18H,10-13H2,1-5H3,(H,28,31)(H,29,32). The van der Waals surface area contributed by atoms with Gasteiger partial charge in [0, 0.05) is 40.7 Å². The zero-order chi connectivity index (χ0) is 23.8. The summed E-state index contributed by atoms with van der Waals surface area (Å²) in [6.45, 7) is 11.6. The molecule has 0 saturated carbocycles. The normalized spacial score (nSPS) is 15.0. The van der Waals surface area contributed by atoms with Gasteiger partial charge >= 0.3 is 0 Å². The Hall–Kier alpha value is -3.00. The molecule has 8 heteroatoms. The number of benzene rings is 1. The maximum Gasteiger partial charge on any atom is 0.251 e. The van der Waals surface area contributed by atoms with Gasteiger partial charge in [0.25, 0.3) is 5.91 Å². The number of amides is 2. The summed E-state index contributed by atoms with van der Waals surface area (Å²) < 4.78 is 0. The number of carbonyl (C=O) groups is 2. The summed E-state index contributed by atoms with van der Waals surface area (Å²) in [4.78, 5) is 38.7. The topological polar surface area (TPSA) is 87.2 Å². The lowest BCUT2D eigenvalue weighted by Gasteiger charge is -2.32. The first-order valence-corrected chi connectivity index (χ1v) is 12.1. The van der Waals surface area contributed by atoms with E-state index < -0.39 is 0 Å². The first-order chi connectivity index (χ1) is 15.6. The molecule has 1 aliphatic rings. The third-order valence-corrected chi connectivity index (χ3v) is 7.13. The van der Waals surface area contributed by atoms with Crippen LogP contribution in [-0.4, -0.2) is 40.4 Å². The van der Waals surface area contributed by atoms with E-state index in [1.54, 1.807) is 41.9 Å². The molecule has 0 spiro atoms. The molecular formula is C25H31N5O2S. The van der Waals surface area contributed by atoms with E-state index in [0.29, 0.717) is 11.3 Å². The van der Waals surface area contributed by atoms with Gasteiger partial charge in [0.05, 0.1) is 5.39 Å². The van der Waals surface area contributed by atoms with Crippen LogP contribution in [0.3, 0.4) is 0 Å². The van der Waals surface area contributed by atoms with Crippen molar-refractivity contribution in [2.75, 3.05) is 23.3 Å². The molecule has 1 saturated heterocycles. The van der Waals surface area contributed by atoms with Crippen LogP contribution in [0.1, 0.15) is 54.4 Å². The van der Waals surface area contributed by atoms with Crippen LogP contribution in [-0.2, 0) is 4.79 Å². The van der Waals surface area contributed by atoms with E-state index in [2.05, 4.69) is 39.3 Å². The van der Waals surface area contributed by atoms with Gasteiger partial charge in [-0.15, -0.1) is 11.3 Å². The van der Waals surface area contributed by atoms with Crippen LogP contribution < -0.4 is 15.5 Å². The lowest BCUT2D eigenvalue weighted by molar-refractivity contribution is -0.120. The number of piperidine rings is 1. The fourth-order valence-corrected chi connectivity index (χ4v) is 5.11. The number of fused-ring (bicyclic) bond motifs is 1. The van der Waals surface area contributed by atoms with Crippen LogP contribution >= 0.6 is 11.3 Å². The van der Waals surface area contributed by atoms with E-state index in [1.807, 2.05) is 20.8 Å². The van der Waals surface area contributed by atoms with Gasteiger partial charge in [-0.3, -0.25) is 9.59 Å². The van der Waals surface area contributed by atoms with Crippen LogP contribution in [0.25, 0.3) is 10.2 Å². The number of rotatable bonds is 4. The molecule has 2 aromatic heterocycles. The fraction of sp³-hybridized carbons (Fsp3) is 0.440. The van der Waals surface area contributed by atoms with Crippen LogP contribution in [0.5, 0.6) is 0 Å². The number of carbonyl (C=O) groups excluding carboxylic acids is 2. The average Bonchev–Trinajstić information content (AvgIpc) is 3.07. The third-order valence-electron chi connectivity index (χ3n) is 6.01. The number of aryl methyl sites for hydroxylation is 2. The number of nitrogens with zero attached hydrogens (tertiary/aromatic N) is 3. The molecule has 2 N–H and O–H groups in total. The zero-order valence-corrected chi connectivity index (χ0v) is 20.7. The molecule has 2 amide bonds. The van der Waals surface area contributed by atoms with E-state index >= 15 is 0 Å². The molecule has 0 bridgehead atoms. The molecule has 0 radical (unpaired) electrons. The third kappa shape index (κ3) is 5.16. The maximum absolute atomic E-state index is 12.9. The van der Waals surface area contributed by atoms with Crippen molar-refractivity contribution >= 4 is 44.9 Å². The molecule has 0 aliphatic carbocycles. The predicted octanol–water partition coefficient (Wildman–Crippen LogP) is 4.69. The Bertz CT molecular complexity index is 1170. The number of thiophene rings is 1. The van der Waals surface area contributed by atoms with Crippen molar-refractivity contribution in [3.05, 3.63) is 46.6 Å². The van der Waals surface area contributed by atoms with Gasteiger partial charge in [-0.25, -0.2) is 9.97 Å². The second-order valence-electron chi connectivity index (χ2n) is 9.69. The smallest absolute Gasteiger partial charge is 0.251 e. The highest BCUT2D eigenvalue weighted by atomic mass is 32.1. The quantitative estimate of drug-likeness (QED) is 0.584. The largest absolute Gasteiger partial charge is 0.356 e. The Kier molecular flexibility index (Phi) is 6.38. The van der Waals surface area contributed by atoms with Gasteiger partial charge < -0.3 is 15.5 Å². The monoisotopic (exact) mass is 465 g/mol. The molecule has 7 nitrogen and oxygen atoms in total. The number of hydrogen-bond acceptors (Lipinski definition) is 6. The lowest BCUT2D eigenvalue weighted by Crippen LogP contribution is -2.40. The molecule has 0 unspecified atom stereocenters. The Morgan fingerprint density at radius 2 is 1.73 bits per heavy atom. The Labute approximate surface area is 198 Å². The molecule has 3 aromatic rings. The second kappa shape index (κ2) is 9.09. The number of anilines is 2. The minimum absolute atomic E-state index is 0.0249. The SMILES string of the molecule is Cc1sc2ncnc(N3CCC(C(=O)Nc4ccc(C(=O)NC(C)(C)C)cc4)CC3)c2c1C. The van der Waals surface area contributed by atoms with Gasteiger partial charge in [-0.05, 0) is 77.3 Å². The Balaban J connectivity index is 1.36. The van der Waals surface area contributed by atoms with Crippen LogP contribution in [0.4, 0.5) is 11.5 Å². The van der Waals surface area contributed by atoms with Crippen molar-refractivity contribution in [1.29, 1.82) is 0 Å². The molecule has 1 aromatic carbocycles. The van der Waals surface area contributed by atoms with Gasteiger partial charge in [-0.2, -0.15) is 0 Å². The average molecular weight is 466 g/mol. The minimum Gasteiger partial charge on any atom is -0.356 e. The molecule has 4 rings (SSSR count). The lowest BCUT2D eigenvalue weighted by atomic mass is 9.95. The highest BCUT2D eigenvalue weighted by molar-refractivity contribution is 7.18. The first-order valence-electron chi connectivity index (χ1n) is 11.3. The summed E-state index contributed by atoms with van der Waals surface area (Å²) in [6, 6.07) is 7.05. The van der Waals surface area contributed by atoms with E-state index in [9.17, 15) is 9.59 Å². The molecule has 1 aliphatic heterocycles. The summed E-state index contributed by atoms with van der Waals surface area (Å²) in [5, 5.41) is 7.09. The highest BCUT2D eigenvalue weighted by Gasteiger charge is 2.27. The van der Waals surface area contributed by atoms with Crippen molar-refractivity contribution in [3.63, 3.8) is 0 Å². The number of aromatic nitrogens is 2. The summed E-state index contributed by atoms with van der Waals surface area (Å²) >= 11 is 1.70. The van der Waals surface area contributed by atoms with Crippen molar-refractivity contribution in [1.82, 2.24) is 15.3 Å². The number of hydrogen-bond donors (Lipinski definition) is 2. The van der Waals surface area contributed by atoms with Gasteiger partial charge in [0.2, 0.25) is 5.91 Å². The van der Waals surface area contributed by atoms with Gasteiger partial charge in [-0.1, -0.05) is 0 Å². The summed E-state index contributed by atoms with van der Waals surface area (Å²) in [7, 11) is 0. The number of nitrogens with one attached hydrogen (secondary N) is 2. The van der Waals surface area contributed by atoms with Crippen molar-refractivity contribution in [2.45, 2.75) is 53.0 Å². The molecule has 33 heavy (non-hydrogen) atoms. The molecule has 3 heterocycles. The summed E-state index contributed by atoms with van der Waals surface area (Å²) in [6.07, 6.45) is 3.17. The molecule has 174 valence electrons. The van der Waals surface area contributed by atoms with Crippen LogP contribution in [0.2, 0.25) is 0 Å². The summed E-state index contributed by atoms with van der Waals surface area (Å²) in [5.41, 5.74) is 2.23. The van der Waals surface area contributed by atoms with E-state index in [0.717, 1.165) is 42.0 Å². The highest BCUT2D eigenvalue weighted by Crippen LogP contribution is 2.35. The van der Waals surface area contributed by atoms with Crippen LogP contribution in [0, 0.1) is 19.8 Å². The first kappa shape index (κ1) is 23.2. The van der Waals surface area contributed by atoms with E-state index in [1.165, 1.54) is 10.4 Å². The van der Waals surface area contributed by atoms with E-state index in [4.69, 9.17) is 0 Å². The Morgan fingerprint density at radius 3 is 2.36 bits per heavy atom. The van der Waals surface area contributed by atoms with Crippen molar-refractivity contribution in [2.24, 2.45) is 5.92 Å². The van der Waals surface area contributed by atoms with Gasteiger partial charge in [0.1, 0.15) is 17.0 Å². The Morgan fingerprint density at radius 1 is 1.06 bits per heavy atom. The van der Waals surface area contributed by atoms with Crippen molar-refractivity contribution < 1.29 is 9.59 Å². The fourth-order valence-electron chi connectivity index (χ4n) is 4.12. The van der Waals surface area contributed by atoms with Crippen molar-refractivity contribution in [3.8, 4) is 0 Å². The molecular weight excluding hydrogens is 434 g/mol. The predicted molar refractivity (Wildman–Crippen MR) is 134 cm³/mol. The minimum atomic E-state index is -0.294. The molecule has 1 fully saturated rings. The van der Waals surface area contributed by atoms with Gasteiger partial charge in [0.15, 0.2) is 0 Å². The van der Waals surface area contributed by atoms with Crippen LogP contribution in [0.15, 0.2) is 30.6 Å².